The first-order valence-electron chi connectivity index (χ1n) is 7.28. The summed E-state index contributed by atoms with van der Waals surface area (Å²) in [5.74, 6) is 1.57. The van der Waals surface area contributed by atoms with Gasteiger partial charge >= 0.3 is 0 Å². The smallest absolute Gasteiger partial charge is 0.161 e. The van der Waals surface area contributed by atoms with Gasteiger partial charge in [0, 0.05) is 13.1 Å². The summed E-state index contributed by atoms with van der Waals surface area (Å²) in [6.45, 7) is 10.2. The molecular weight excluding hydrogens is 254 g/mol. The summed E-state index contributed by atoms with van der Waals surface area (Å²) in [5.41, 5.74) is 0.411. The number of ether oxygens (including phenoxy) is 2. The van der Waals surface area contributed by atoms with Crippen molar-refractivity contribution in [3.8, 4) is 11.5 Å². The first-order chi connectivity index (χ1) is 9.46. The van der Waals surface area contributed by atoms with Crippen LogP contribution in [-0.2, 0) is 6.54 Å². The van der Waals surface area contributed by atoms with Gasteiger partial charge in [0.15, 0.2) is 11.5 Å². The molecule has 0 atom stereocenters. The average Bonchev–Trinajstić information content (AvgIpc) is 2.37. The fourth-order valence-corrected chi connectivity index (χ4v) is 1.77. The lowest BCUT2D eigenvalue weighted by molar-refractivity contribution is 0.0795. The fourth-order valence-electron chi connectivity index (χ4n) is 1.77. The van der Waals surface area contributed by atoms with Gasteiger partial charge in [-0.05, 0) is 44.9 Å². The molecule has 4 nitrogen and oxygen atoms in total. The van der Waals surface area contributed by atoms with Crippen LogP contribution >= 0.6 is 0 Å². The van der Waals surface area contributed by atoms with E-state index in [4.69, 9.17) is 9.47 Å². The second-order valence-electron chi connectivity index (χ2n) is 5.48. The maximum atomic E-state index is 9.67. The van der Waals surface area contributed by atoms with Crippen molar-refractivity contribution in [3.63, 3.8) is 0 Å². The SMILES string of the molecule is CCCOc1ccc(CNCC(C)(C)O)cc1OCC. The highest BCUT2D eigenvalue weighted by Crippen LogP contribution is 2.28. The number of nitrogens with one attached hydrogen (secondary N) is 1. The summed E-state index contributed by atoms with van der Waals surface area (Å²) in [6, 6.07) is 5.96. The molecule has 1 aromatic carbocycles. The molecular formula is C16H27NO3. The molecule has 0 saturated carbocycles. The third kappa shape index (κ3) is 6.26. The minimum atomic E-state index is -0.701. The topological polar surface area (TPSA) is 50.7 Å². The molecule has 0 amide bonds. The van der Waals surface area contributed by atoms with E-state index in [1.807, 2.05) is 25.1 Å². The zero-order valence-corrected chi connectivity index (χ0v) is 13.0. The Morgan fingerprint density at radius 3 is 2.50 bits per heavy atom. The van der Waals surface area contributed by atoms with Crippen LogP contribution in [0.3, 0.4) is 0 Å². The molecule has 2 N–H and O–H groups in total. The maximum absolute atomic E-state index is 9.67. The number of aliphatic hydroxyl groups is 1. The Kier molecular flexibility index (Phi) is 6.82. The lowest BCUT2D eigenvalue weighted by atomic mass is 10.1. The Labute approximate surface area is 122 Å². The van der Waals surface area contributed by atoms with Gasteiger partial charge in [0.25, 0.3) is 0 Å². The molecule has 0 unspecified atom stereocenters. The lowest BCUT2D eigenvalue weighted by Gasteiger charge is -2.18. The summed E-state index contributed by atoms with van der Waals surface area (Å²) in [7, 11) is 0. The van der Waals surface area contributed by atoms with Crippen molar-refractivity contribution >= 4 is 0 Å². The Bertz CT molecular complexity index is 399. The minimum absolute atomic E-state index is 0.547. The van der Waals surface area contributed by atoms with E-state index >= 15 is 0 Å². The van der Waals surface area contributed by atoms with Crippen molar-refractivity contribution < 1.29 is 14.6 Å². The summed E-state index contributed by atoms with van der Waals surface area (Å²) < 4.78 is 11.3. The quantitative estimate of drug-likeness (QED) is 0.731. The van der Waals surface area contributed by atoms with Crippen molar-refractivity contribution in [1.82, 2.24) is 5.32 Å². The Morgan fingerprint density at radius 1 is 1.15 bits per heavy atom. The lowest BCUT2D eigenvalue weighted by Crippen LogP contribution is -2.34. The predicted molar refractivity (Wildman–Crippen MR) is 81.4 cm³/mol. The Morgan fingerprint density at radius 2 is 1.90 bits per heavy atom. The van der Waals surface area contributed by atoms with Crippen molar-refractivity contribution in [2.45, 2.75) is 46.3 Å². The standard InChI is InChI=1S/C16H27NO3/c1-5-9-20-14-8-7-13(10-15(14)19-6-2)11-17-12-16(3,4)18/h7-8,10,17-18H,5-6,9,11-12H2,1-4H3. The number of hydrogen-bond acceptors (Lipinski definition) is 4. The molecule has 0 aliphatic carbocycles. The molecule has 0 heterocycles. The molecule has 0 aromatic heterocycles. The summed E-state index contributed by atoms with van der Waals surface area (Å²) in [4.78, 5) is 0. The van der Waals surface area contributed by atoms with Crippen molar-refractivity contribution in [3.05, 3.63) is 23.8 Å². The molecule has 0 saturated heterocycles. The van der Waals surface area contributed by atoms with Crippen molar-refractivity contribution in [2.75, 3.05) is 19.8 Å². The van der Waals surface area contributed by atoms with Gasteiger partial charge in [0.1, 0.15) is 0 Å². The highest BCUT2D eigenvalue weighted by atomic mass is 16.5. The summed E-state index contributed by atoms with van der Waals surface area (Å²) >= 11 is 0. The van der Waals surface area contributed by atoms with Gasteiger partial charge in [0.2, 0.25) is 0 Å². The van der Waals surface area contributed by atoms with Crippen LogP contribution in [0, 0.1) is 0 Å². The highest BCUT2D eigenvalue weighted by molar-refractivity contribution is 5.43. The third-order valence-electron chi connectivity index (χ3n) is 2.66. The Hall–Kier alpha value is -1.26. The number of hydrogen-bond donors (Lipinski definition) is 2. The van der Waals surface area contributed by atoms with E-state index < -0.39 is 5.60 Å². The van der Waals surface area contributed by atoms with Crippen molar-refractivity contribution in [2.24, 2.45) is 0 Å². The van der Waals surface area contributed by atoms with Crippen LogP contribution in [0.15, 0.2) is 18.2 Å². The van der Waals surface area contributed by atoms with E-state index in [1.165, 1.54) is 0 Å². The van der Waals surface area contributed by atoms with Gasteiger partial charge in [-0.1, -0.05) is 13.0 Å². The van der Waals surface area contributed by atoms with Crippen LogP contribution < -0.4 is 14.8 Å². The zero-order valence-electron chi connectivity index (χ0n) is 13.0. The van der Waals surface area contributed by atoms with Crippen LogP contribution in [0.4, 0.5) is 0 Å². The second kappa shape index (κ2) is 8.12. The normalized spacial score (nSPS) is 11.4. The monoisotopic (exact) mass is 281 g/mol. The van der Waals surface area contributed by atoms with Crippen LogP contribution in [0.2, 0.25) is 0 Å². The number of benzene rings is 1. The molecule has 0 bridgehead atoms. The van der Waals surface area contributed by atoms with Crippen LogP contribution in [-0.4, -0.2) is 30.5 Å². The molecule has 1 aromatic rings. The number of rotatable bonds is 9. The van der Waals surface area contributed by atoms with Gasteiger partial charge in [-0.25, -0.2) is 0 Å². The zero-order chi connectivity index (χ0) is 15.0. The van der Waals surface area contributed by atoms with E-state index in [0.717, 1.165) is 23.5 Å². The van der Waals surface area contributed by atoms with Crippen LogP contribution in [0.5, 0.6) is 11.5 Å². The van der Waals surface area contributed by atoms with Crippen LogP contribution in [0.25, 0.3) is 0 Å². The van der Waals surface area contributed by atoms with E-state index in [0.29, 0.717) is 26.3 Å². The summed E-state index contributed by atoms with van der Waals surface area (Å²) in [6.07, 6.45) is 0.973. The van der Waals surface area contributed by atoms with E-state index in [9.17, 15) is 5.11 Å². The predicted octanol–water partition coefficient (Wildman–Crippen LogP) is 2.73. The largest absolute Gasteiger partial charge is 0.490 e. The molecule has 0 radical (unpaired) electrons. The minimum Gasteiger partial charge on any atom is -0.490 e. The first-order valence-corrected chi connectivity index (χ1v) is 7.28. The molecule has 20 heavy (non-hydrogen) atoms. The van der Waals surface area contributed by atoms with Gasteiger partial charge in [-0.15, -0.1) is 0 Å². The van der Waals surface area contributed by atoms with E-state index in [1.54, 1.807) is 13.8 Å². The van der Waals surface area contributed by atoms with Gasteiger partial charge in [0.05, 0.1) is 18.8 Å². The van der Waals surface area contributed by atoms with E-state index in [2.05, 4.69) is 12.2 Å². The van der Waals surface area contributed by atoms with Gasteiger partial charge in [-0.2, -0.15) is 0 Å². The molecule has 0 aliphatic heterocycles. The molecule has 0 fully saturated rings. The highest BCUT2D eigenvalue weighted by Gasteiger charge is 2.12. The molecule has 4 heteroatoms. The average molecular weight is 281 g/mol. The van der Waals surface area contributed by atoms with Gasteiger partial charge < -0.3 is 19.9 Å². The fraction of sp³-hybridized carbons (Fsp3) is 0.625. The maximum Gasteiger partial charge on any atom is 0.161 e. The van der Waals surface area contributed by atoms with E-state index in [-0.39, 0.29) is 0 Å². The van der Waals surface area contributed by atoms with Crippen molar-refractivity contribution in [1.29, 1.82) is 0 Å². The first kappa shape index (κ1) is 16.8. The van der Waals surface area contributed by atoms with Gasteiger partial charge in [-0.3, -0.25) is 0 Å². The summed E-state index contributed by atoms with van der Waals surface area (Å²) in [5, 5.41) is 12.9. The second-order valence-corrected chi connectivity index (χ2v) is 5.48. The Balaban J connectivity index is 2.66. The third-order valence-corrected chi connectivity index (χ3v) is 2.66. The van der Waals surface area contributed by atoms with Crippen LogP contribution in [0.1, 0.15) is 39.7 Å². The molecule has 0 aliphatic rings. The molecule has 1 rings (SSSR count). The molecule has 114 valence electrons. The molecule has 0 spiro atoms.